The number of hydrazine groups is 1. The van der Waals surface area contributed by atoms with Crippen molar-refractivity contribution in [2.24, 2.45) is 0 Å². The van der Waals surface area contributed by atoms with Crippen LogP contribution in [0, 0.1) is 6.92 Å². The second-order valence-electron chi connectivity index (χ2n) is 6.72. The third kappa shape index (κ3) is 6.50. The number of amides is 2. The minimum atomic E-state index is -0.489. The largest absolute Gasteiger partial charge is 0.496 e. The van der Waals surface area contributed by atoms with Gasteiger partial charge in [-0.25, -0.2) is 0 Å². The number of aryl methyl sites for hydroxylation is 1. The number of rotatable bonds is 8. The maximum absolute atomic E-state index is 12.2. The van der Waals surface area contributed by atoms with Crippen LogP contribution in [-0.4, -0.2) is 25.5 Å². The molecular formula is C24H24N2O5. The first-order valence-electron chi connectivity index (χ1n) is 9.68. The van der Waals surface area contributed by atoms with Gasteiger partial charge in [0.05, 0.1) is 7.11 Å². The van der Waals surface area contributed by atoms with Crippen molar-refractivity contribution in [2.45, 2.75) is 13.5 Å². The number of benzene rings is 3. The van der Waals surface area contributed by atoms with Crippen molar-refractivity contribution in [3.05, 3.63) is 89.5 Å². The minimum Gasteiger partial charge on any atom is -0.496 e. The Balaban J connectivity index is 1.41. The molecule has 0 spiro atoms. The molecule has 7 nitrogen and oxygen atoms in total. The summed E-state index contributed by atoms with van der Waals surface area (Å²) in [6.45, 7) is 2.10. The molecule has 0 atom stereocenters. The fraction of sp³-hybridized carbons (Fsp3) is 0.167. The number of carbonyl (C=O) groups is 2. The highest BCUT2D eigenvalue weighted by Crippen LogP contribution is 2.19. The molecule has 7 heteroatoms. The molecule has 160 valence electrons. The van der Waals surface area contributed by atoms with Crippen LogP contribution in [0.1, 0.15) is 21.5 Å². The average molecular weight is 420 g/mol. The summed E-state index contributed by atoms with van der Waals surface area (Å²) < 4.78 is 16.3. The van der Waals surface area contributed by atoms with E-state index in [1.54, 1.807) is 42.5 Å². The molecule has 0 heterocycles. The van der Waals surface area contributed by atoms with Crippen molar-refractivity contribution in [3.8, 4) is 17.2 Å². The van der Waals surface area contributed by atoms with E-state index in [2.05, 4.69) is 10.9 Å². The van der Waals surface area contributed by atoms with E-state index in [1.807, 2.05) is 37.3 Å². The van der Waals surface area contributed by atoms with E-state index in [4.69, 9.17) is 14.2 Å². The highest BCUT2D eigenvalue weighted by atomic mass is 16.5. The molecule has 0 radical (unpaired) electrons. The predicted octanol–water partition coefficient (Wildman–Crippen LogP) is 3.42. The fourth-order valence-corrected chi connectivity index (χ4v) is 2.72. The van der Waals surface area contributed by atoms with Crippen molar-refractivity contribution in [1.82, 2.24) is 10.9 Å². The van der Waals surface area contributed by atoms with Crippen LogP contribution in [0.15, 0.2) is 72.8 Å². The van der Waals surface area contributed by atoms with Gasteiger partial charge in [0, 0.05) is 5.56 Å². The monoisotopic (exact) mass is 420 g/mol. The molecule has 2 N–H and O–H groups in total. The molecule has 0 fully saturated rings. The lowest BCUT2D eigenvalue weighted by Gasteiger charge is -2.11. The Morgan fingerprint density at radius 3 is 2.19 bits per heavy atom. The molecule has 0 saturated carbocycles. The molecule has 3 aromatic carbocycles. The molecule has 0 aliphatic rings. The zero-order valence-electron chi connectivity index (χ0n) is 17.4. The average Bonchev–Trinajstić information content (AvgIpc) is 2.81. The lowest BCUT2D eigenvalue weighted by molar-refractivity contribution is -0.123. The molecular weight excluding hydrogens is 396 g/mol. The van der Waals surface area contributed by atoms with Crippen LogP contribution in [0.3, 0.4) is 0 Å². The van der Waals surface area contributed by atoms with Gasteiger partial charge >= 0.3 is 0 Å². The van der Waals surface area contributed by atoms with Gasteiger partial charge in [0.2, 0.25) is 0 Å². The van der Waals surface area contributed by atoms with Gasteiger partial charge in [-0.1, -0.05) is 36.4 Å². The van der Waals surface area contributed by atoms with Gasteiger partial charge in [0.1, 0.15) is 23.9 Å². The van der Waals surface area contributed by atoms with E-state index < -0.39 is 11.8 Å². The van der Waals surface area contributed by atoms with Gasteiger partial charge in [0.15, 0.2) is 6.61 Å². The first-order valence-corrected chi connectivity index (χ1v) is 9.68. The normalized spacial score (nSPS) is 10.1. The highest BCUT2D eigenvalue weighted by molar-refractivity contribution is 5.95. The van der Waals surface area contributed by atoms with Crippen LogP contribution in [0.2, 0.25) is 0 Å². The van der Waals surface area contributed by atoms with E-state index >= 15 is 0 Å². The zero-order valence-corrected chi connectivity index (χ0v) is 17.4. The second kappa shape index (κ2) is 10.7. The van der Waals surface area contributed by atoms with Crippen molar-refractivity contribution in [2.75, 3.05) is 13.7 Å². The van der Waals surface area contributed by atoms with Crippen molar-refractivity contribution in [1.29, 1.82) is 0 Å². The first kappa shape index (κ1) is 21.7. The zero-order chi connectivity index (χ0) is 22.1. The molecule has 0 unspecified atom stereocenters. The molecule has 0 bridgehead atoms. The number of carbonyl (C=O) groups excluding carboxylic acids is 2. The van der Waals surface area contributed by atoms with Crippen molar-refractivity contribution < 1.29 is 23.8 Å². The third-order valence-corrected chi connectivity index (χ3v) is 4.43. The Morgan fingerprint density at radius 1 is 0.839 bits per heavy atom. The van der Waals surface area contributed by atoms with Crippen LogP contribution in [-0.2, 0) is 11.4 Å². The summed E-state index contributed by atoms with van der Waals surface area (Å²) in [7, 11) is 1.53. The Morgan fingerprint density at radius 2 is 1.52 bits per heavy atom. The summed E-state index contributed by atoms with van der Waals surface area (Å²) >= 11 is 0. The van der Waals surface area contributed by atoms with Crippen LogP contribution < -0.4 is 25.1 Å². The summed E-state index contributed by atoms with van der Waals surface area (Å²) in [5, 5.41) is 0. The van der Waals surface area contributed by atoms with Crippen molar-refractivity contribution in [3.63, 3.8) is 0 Å². The molecule has 0 aliphatic heterocycles. The minimum absolute atomic E-state index is 0.248. The van der Waals surface area contributed by atoms with Crippen LogP contribution >= 0.6 is 0 Å². The van der Waals surface area contributed by atoms with Gasteiger partial charge in [0.25, 0.3) is 11.8 Å². The van der Waals surface area contributed by atoms with E-state index in [9.17, 15) is 9.59 Å². The quantitative estimate of drug-likeness (QED) is 0.546. The summed E-state index contributed by atoms with van der Waals surface area (Å²) in [6.07, 6.45) is 0. The highest BCUT2D eigenvalue weighted by Gasteiger charge is 2.10. The Bertz CT molecular complexity index is 1020. The van der Waals surface area contributed by atoms with Gasteiger partial charge in [-0.15, -0.1) is 0 Å². The lowest BCUT2D eigenvalue weighted by atomic mass is 10.1. The van der Waals surface area contributed by atoms with E-state index in [0.29, 0.717) is 29.4 Å². The topological polar surface area (TPSA) is 85.9 Å². The third-order valence-electron chi connectivity index (χ3n) is 4.43. The molecule has 0 aliphatic carbocycles. The summed E-state index contributed by atoms with van der Waals surface area (Å²) in [5.41, 5.74) is 7.03. The first-order chi connectivity index (χ1) is 15.0. The summed E-state index contributed by atoms with van der Waals surface area (Å²) in [4.78, 5) is 24.1. The summed E-state index contributed by atoms with van der Waals surface area (Å²) in [6, 6.07) is 21.8. The molecule has 0 saturated heterocycles. The molecule has 2 amide bonds. The van der Waals surface area contributed by atoms with Crippen LogP contribution in [0.5, 0.6) is 17.2 Å². The van der Waals surface area contributed by atoms with Crippen LogP contribution in [0.4, 0.5) is 0 Å². The number of hydrogen-bond donors (Lipinski definition) is 2. The summed E-state index contributed by atoms with van der Waals surface area (Å²) in [5.74, 6) is 0.861. The molecule has 3 rings (SSSR count). The number of methoxy groups -OCH3 is 1. The SMILES string of the molecule is COc1cc(C(=O)NNC(=O)COc2ccc(OCc3ccccc3)cc2)ccc1C. The van der Waals surface area contributed by atoms with Crippen LogP contribution in [0.25, 0.3) is 0 Å². The molecule has 0 aromatic heterocycles. The number of nitrogens with one attached hydrogen (secondary N) is 2. The van der Waals surface area contributed by atoms with Gasteiger partial charge < -0.3 is 14.2 Å². The van der Waals surface area contributed by atoms with Gasteiger partial charge in [-0.2, -0.15) is 0 Å². The fourth-order valence-electron chi connectivity index (χ4n) is 2.72. The van der Waals surface area contributed by atoms with E-state index in [1.165, 1.54) is 7.11 Å². The van der Waals surface area contributed by atoms with E-state index in [0.717, 1.165) is 11.1 Å². The van der Waals surface area contributed by atoms with Gasteiger partial charge in [-0.3, -0.25) is 20.4 Å². The Kier molecular flexibility index (Phi) is 7.48. The second-order valence-corrected chi connectivity index (χ2v) is 6.72. The Hall–Kier alpha value is -4.00. The maximum Gasteiger partial charge on any atom is 0.276 e. The van der Waals surface area contributed by atoms with E-state index in [-0.39, 0.29) is 6.61 Å². The van der Waals surface area contributed by atoms with Gasteiger partial charge in [-0.05, 0) is 54.4 Å². The lowest BCUT2D eigenvalue weighted by Crippen LogP contribution is -2.43. The molecule has 3 aromatic rings. The number of hydrogen-bond acceptors (Lipinski definition) is 5. The maximum atomic E-state index is 12.2. The Labute approximate surface area is 180 Å². The van der Waals surface area contributed by atoms with Crippen molar-refractivity contribution >= 4 is 11.8 Å². The molecule has 31 heavy (non-hydrogen) atoms. The number of ether oxygens (including phenoxy) is 3. The predicted molar refractivity (Wildman–Crippen MR) is 116 cm³/mol. The smallest absolute Gasteiger partial charge is 0.276 e. The standard InChI is InChI=1S/C24H24N2O5/c1-17-8-9-19(14-22(17)29-2)24(28)26-25-23(27)16-31-21-12-10-20(11-13-21)30-15-18-6-4-3-5-7-18/h3-14H,15-16H2,1-2H3,(H,25,27)(H,26,28).